The minimum Gasteiger partial charge on any atom is -0.497 e. The van der Waals surface area contributed by atoms with Gasteiger partial charge >= 0.3 is 0 Å². The lowest BCUT2D eigenvalue weighted by Gasteiger charge is -2.29. The maximum Gasteiger partial charge on any atom is 0.230 e. The standard InChI is InChI=1S/C19H23N5O2S/c1-11-5-3-4-6-14(11)20-16(25)10-27-19-22-18-17(23-24-19)13-9-12(26-2)7-8-15(13)21-18/h7-9,11,14H,3-6,10H2,1-2H3,(H,20,25)(H,21,22,24)/t11-,14+/m0/s1. The van der Waals surface area contributed by atoms with Crippen LogP contribution in [0.15, 0.2) is 23.4 Å². The monoisotopic (exact) mass is 385 g/mol. The number of carbonyl (C=O) groups is 1. The number of benzene rings is 1. The van der Waals surface area contributed by atoms with Crippen LogP contribution < -0.4 is 10.1 Å². The number of fused-ring (bicyclic) bond motifs is 3. The number of hydrogen-bond donors (Lipinski definition) is 2. The summed E-state index contributed by atoms with van der Waals surface area (Å²) in [6.07, 6.45) is 4.71. The summed E-state index contributed by atoms with van der Waals surface area (Å²) in [4.78, 5) is 20.0. The lowest BCUT2D eigenvalue weighted by Crippen LogP contribution is -2.41. The zero-order chi connectivity index (χ0) is 18.8. The van der Waals surface area contributed by atoms with Crippen molar-refractivity contribution in [1.82, 2.24) is 25.5 Å². The van der Waals surface area contributed by atoms with E-state index in [1.165, 1.54) is 31.0 Å². The number of aromatic amines is 1. The van der Waals surface area contributed by atoms with E-state index >= 15 is 0 Å². The van der Waals surface area contributed by atoms with Gasteiger partial charge in [0.05, 0.1) is 12.9 Å². The van der Waals surface area contributed by atoms with Crippen LogP contribution in [0.5, 0.6) is 5.75 Å². The summed E-state index contributed by atoms with van der Waals surface area (Å²) >= 11 is 1.31. The Balaban J connectivity index is 1.44. The molecular weight excluding hydrogens is 362 g/mol. The van der Waals surface area contributed by atoms with Crippen molar-refractivity contribution in [2.24, 2.45) is 5.92 Å². The average Bonchev–Trinajstić information content (AvgIpc) is 3.05. The van der Waals surface area contributed by atoms with E-state index < -0.39 is 0 Å². The van der Waals surface area contributed by atoms with Gasteiger partial charge in [0, 0.05) is 16.9 Å². The normalized spacial score (nSPS) is 20.1. The molecule has 2 aromatic heterocycles. The molecule has 2 N–H and O–H groups in total. The van der Waals surface area contributed by atoms with Crippen LogP contribution in [0.1, 0.15) is 32.6 Å². The molecular formula is C19H23N5O2S. The maximum absolute atomic E-state index is 12.3. The highest BCUT2D eigenvalue weighted by molar-refractivity contribution is 7.99. The molecule has 0 spiro atoms. The Bertz CT molecular complexity index is 973. The number of rotatable bonds is 5. The van der Waals surface area contributed by atoms with Crippen LogP contribution in [0.4, 0.5) is 0 Å². The van der Waals surface area contributed by atoms with Gasteiger partial charge in [-0.15, -0.1) is 10.2 Å². The van der Waals surface area contributed by atoms with Gasteiger partial charge in [0.25, 0.3) is 0 Å². The van der Waals surface area contributed by atoms with Crippen molar-refractivity contribution < 1.29 is 9.53 Å². The number of ether oxygens (including phenoxy) is 1. The molecule has 2 heterocycles. The Morgan fingerprint density at radius 2 is 2.19 bits per heavy atom. The van der Waals surface area contributed by atoms with Crippen molar-refractivity contribution in [3.05, 3.63) is 18.2 Å². The number of aromatic nitrogens is 4. The fraction of sp³-hybridized carbons (Fsp3) is 0.474. The van der Waals surface area contributed by atoms with Crippen LogP contribution in [0.3, 0.4) is 0 Å². The molecule has 1 saturated carbocycles. The Kier molecular flexibility index (Phi) is 5.15. The number of hydrogen-bond acceptors (Lipinski definition) is 6. The van der Waals surface area contributed by atoms with Gasteiger partial charge in [0.1, 0.15) is 11.3 Å². The zero-order valence-corrected chi connectivity index (χ0v) is 16.3. The molecule has 142 valence electrons. The zero-order valence-electron chi connectivity index (χ0n) is 15.5. The van der Waals surface area contributed by atoms with Gasteiger partial charge in [-0.3, -0.25) is 4.79 Å². The second-order valence-corrected chi connectivity index (χ2v) is 8.00. The summed E-state index contributed by atoms with van der Waals surface area (Å²) < 4.78 is 5.27. The highest BCUT2D eigenvalue weighted by atomic mass is 32.2. The Morgan fingerprint density at radius 1 is 1.33 bits per heavy atom. The predicted octanol–water partition coefficient (Wildman–Crippen LogP) is 3.30. The molecule has 3 aromatic rings. The lowest BCUT2D eigenvalue weighted by atomic mass is 9.86. The lowest BCUT2D eigenvalue weighted by molar-refractivity contribution is -0.119. The Hall–Kier alpha value is -2.35. The van der Waals surface area contributed by atoms with Crippen molar-refractivity contribution >= 4 is 39.7 Å². The van der Waals surface area contributed by atoms with Crippen LogP contribution in [0.25, 0.3) is 22.1 Å². The highest BCUT2D eigenvalue weighted by Gasteiger charge is 2.22. The van der Waals surface area contributed by atoms with Crippen LogP contribution >= 0.6 is 11.8 Å². The quantitative estimate of drug-likeness (QED) is 0.655. The summed E-state index contributed by atoms with van der Waals surface area (Å²) in [6.45, 7) is 2.21. The first-order valence-electron chi connectivity index (χ1n) is 9.26. The van der Waals surface area contributed by atoms with Crippen molar-refractivity contribution in [3.63, 3.8) is 0 Å². The molecule has 2 atom stereocenters. The molecule has 7 nitrogen and oxygen atoms in total. The minimum absolute atomic E-state index is 0.0313. The SMILES string of the molecule is COc1ccc2[nH]c3nc(SCC(=O)N[C@@H]4CCCC[C@@H]4C)nnc3c2c1. The average molecular weight is 385 g/mol. The molecule has 27 heavy (non-hydrogen) atoms. The van der Waals surface area contributed by atoms with Crippen LogP contribution in [-0.2, 0) is 4.79 Å². The molecule has 0 unspecified atom stereocenters. The third-order valence-electron chi connectivity index (χ3n) is 5.19. The molecule has 1 fully saturated rings. The first-order valence-corrected chi connectivity index (χ1v) is 10.2. The molecule has 0 aliphatic heterocycles. The van der Waals surface area contributed by atoms with E-state index in [0.717, 1.165) is 23.1 Å². The fourth-order valence-electron chi connectivity index (χ4n) is 3.63. The third-order valence-corrected chi connectivity index (χ3v) is 6.03. The highest BCUT2D eigenvalue weighted by Crippen LogP contribution is 2.27. The van der Waals surface area contributed by atoms with Crippen molar-refractivity contribution in [2.75, 3.05) is 12.9 Å². The Morgan fingerprint density at radius 3 is 3.00 bits per heavy atom. The second kappa shape index (κ2) is 7.72. The van der Waals surface area contributed by atoms with E-state index in [4.69, 9.17) is 4.74 Å². The number of nitrogens with zero attached hydrogens (tertiary/aromatic N) is 3. The van der Waals surface area contributed by atoms with Crippen LogP contribution in [0, 0.1) is 5.92 Å². The number of H-pyrrole nitrogens is 1. The second-order valence-electron chi connectivity index (χ2n) is 7.05. The molecule has 1 aliphatic carbocycles. The summed E-state index contributed by atoms with van der Waals surface area (Å²) in [5.74, 6) is 1.64. The molecule has 0 bridgehead atoms. The predicted molar refractivity (Wildman–Crippen MR) is 106 cm³/mol. The largest absolute Gasteiger partial charge is 0.497 e. The molecule has 0 radical (unpaired) electrons. The molecule has 1 aliphatic rings. The van der Waals surface area contributed by atoms with Gasteiger partial charge < -0.3 is 15.0 Å². The van der Waals surface area contributed by atoms with E-state index in [1.807, 2.05) is 18.2 Å². The van der Waals surface area contributed by atoms with E-state index in [-0.39, 0.29) is 11.9 Å². The molecule has 0 saturated heterocycles. The molecule has 4 rings (SSSR count). The molecule has 8 heteroatoms. The number of carbonyl (C=O) groups excluding carboxylic acids is 1. The van der Waals surface area contributed by atoms with Crippen molar-refractivity contribution in [1.29, 1.82) is 0 Å². The fourth-order valence-corrected chi connectivity index (χ4v) is 4.23. The van der Waals surface area contributed by atoms with Gasteiger partial charge in [-0.2, -0.15) is 0 Å². The number of thioether (sulfide) groups is 1. The molecule has 1 aromatic carbocycles. The number of nitrogens with one attached hydrogen (secondary N) is 2. The van der Waals surface area contributed by atoms with Crippen LogP contribution in [0.2, 0.25) is 0 Å². The van der Waals surface area contributed by atoms with Crippen LogP contribution in [-0.4, -0.2) is 45.0 Å². The van der Waals surface area contributed by atoms with Gasteiger partial charge in [-0.05, 0) is 37.0 Å². The number of amides is 1. The first-order chi connectivity index (χ1) is 13.1. The molecule has 1 amide bonds. The topological polar surface area (TPSA) is 92.8 Å². The summed E-state index contributed by atoms with van der Waals surface area (Å²) in [6, 6.07) is 6.02. The maximum atomic E-state index is 12.3. The third kappa shape index (κ3) is 3.85. The van der Waals surface area contributed by atoms with E-state index in [2.05, 4.69) is 32.4 Å². The van der Waals surface area contributed by atoms with Gasteiger partial charge in [-0.25, -0.2) is 4.98 Å². The smallest absolute Gasteiger partial charge is 0.230 e. The van der Waals surface area contributed by atoms with Gasteiger partial charge in [0.2, 0.25) is 11.1 Å². The minimum atomic E-state index is 0.0313. The van der Waals surface area contributed by atoms with E-state index in [0.29, 0.717) is 28.0 Å². The first kappa shape index (κ1) is 18.0. The van der Waals surface area contributed by atoms with Crippen molar-refractivity contribution in [2.45, 2.75) is 43.8 Å². The van der Waals surface area contributed by atoms with Gasteiger partial charge in [-0.1, -0.05) is 31.5 Å². The summed E-state index contributed by atoms with van der Waals surface area (Å²) in [7, 11) is 1.63. The summed E-state index contributed by atoms with van der Waals surface area (Å²) in [5, 5.41) is 13.0. The van der Waals surface area contributed by atoms with E-state index in [9.17, 15) is 4.79 Å². The summed E-state index contributed by atoms with van der Waals surface area (Å²) in [5.41, 5.74) is 2.30. The Labute approximate surface area is 161 Å². The van der Waals surface area contributed by atoms with E-state index in [1.54, 1.807) is 7.11 Å². The number of methoxy groups -OCH3 is 1. The van der Waals surface area contributed by atoms with Crippen molar-refractivity contribution in [3.8, 4) is 5.75 Å². The van der Waals surface area contributed by atoms with Gasteiger partial charge in [0.15, 0.2) is 5.65 Å².